The monoisotopic (exact) mass is 359 g/mol. The van der Waals surface area contributed by atoms with Crippen LogP contribution in [-0.4, -0.2) is 23.5 Å². The van der Waals surface area contributed by atoms with Crippen LogP contribution < -0.4 is 0 Å². The van der Waals surface area contributed by atoms with Gasteiger partial charge in [0.25, 0.3) is 10.0 Å². The van der Waals surface area contributed by atoms with E-state index in [2.05, 4.69) is 0 Å². The molecule has 3 aromatic rings. The highest BCUT2D eigenvalue weighted by atomic mass is 32.2. The fourth-order valence-electron chi connectivity index (χ4n) is 2.51. The summed E-state index contributed by atoms with van der Waals surface area (Å²) in [6.07, 6.45) is 3.48. The molecule has 0 unspecified atom stereocenters. The molecule has 0 amide bonds. The molecule has 0 saturated heterocycles. The van der Waals surface area contributed by atoms with Crippen molar-refractivity contribution in [1.29, 1.82) is 0 Å². The lowest BCUT2D eigenvalue weighted by molar-refractivity contribution is -0.131. The van der Waals surface area contributed by atoms with Gasteiger partial charge in [-0.05, 0) is 43.3 Å². The summed E-state index contributed by atoms with van der Waals surface area (Å²) in [5.74, 6) is -1.75. The highest BCUT2D eigenvalue weighted by Gasteiger charge is 2.21. The smallest absolute Gasteiger partial charge is 0.328 e. The summed E-state index contributed by atoms with van der Waals surface area (Å²) >= 11 is 0. The van der Waals surface area contributed by atoms with Gasteiger partial charge in [0, 0.05) is 23.2 Å². The number of halogens is 1. The van der Waals surface area contributed by atoms with Crippen LogP contribution in [0.5, 0.6) is 0 Å². The lowest BCUT2D eigenvalue weighted by Crippen LogP contribution is -2.11. The van der Waals surface area contributed by atoms with Gasteiger partial charge in [-0.15, -0.1) is 0 Å². The average molecular weight is 359 g/mol. The van der Waals surface area contributed by atoms with Crippen LogP contribution in [0.3, 0.4) is 0 Å². The fraction of sp³-hybridized carbons (Fsp3) is 0.0556. The number of carbonyl (C=O) groups is 1. The Bertz CT molecular complexity index is 1100. The maximum Gasteiger partial charge on any atom is 0.328 e. The fourth-order valence-corrected chi connectivity index (χ4v) is 3.88. The van der Waals surface area contributed by atoms with Crippen molar-refractivity contribution >= 4 is 33.0 Å². The molecule has 3 rings (SSSR count). The van der Waals surface area contributed by atoms with E-state index in [0.29, 0.717) is 10.9 Å². The van der Waals surface area contributed by atoms with E-state index in [0.717, 1.165) is 21.7 Å². The predicted octanol–water partition coefficient (Wildman–Crippen LogP) is 3.42. The topological polar surface area (TPSA) is 76.4 Å². The molecule has 25 heavy (non-hydrogen) atoms. The van der Waals surface area contributed by atoms with Gasteiger partial charge in [0.05, 0.1) is 10.4 Å². The molecule has 1 heterocycles. The van der Waals surface area contributed by atoms with Crippen molar-refractivity contribution < 1.29 is 22.7 Å². The predicted molar refractivity (Wildman–Crippen MR) is 92.3 cm³/mol. The molecule has 0 radical (unpaired) electrons. The summed E-state index contributed by atoms with van der Waals surface area (Å²) in [6, 6.07) is 10.0. The van der Waals surface area contributed by atoms with Gasteiger partial charge in [-0.1, -0.05) is 17.7 Å². The third-order valence-electron chi connectivity index (χ3n) is 3.75. The minimum atomic E-state index is -3.95. The van der Waals surface area contributed by atoms with E-state index in [1.165, 1.54) is 36.5 Å². The molecule has 5 nitrogen and oxygen atoms in total. The highest BCUT2D eigenvalue weighted by Crippen LogP contribution is 2.27. The third kappa shape index (κ3) is 3.18. The Kier molecular flexibility index (Phi) is 4.18. The molecule has 1 aromatic heterocycles. The van der Waals surface area contributed by atoms with Crippen molar-refractivity contribution in [2.75, 3.05) is 0 Å². The summed E-state index contributed by atoms with van der Waals surface area (Å²) in [6.45, 7) is 1.84. The van der Waals surface area contributed by atoms with E-state index in [4.69, 9.17) is 5.11 Å². The van der Waals surface area contributed by atoms with E-state index in [9.17, 15) is 17.6 Å². The number of aliphatic carboxylic acids is 1. The number of hydrogen-bond acceptors (Lipinski definition) is 3. The Hall–Kier alpha value is -2.93. The number of benzene rings is 2. The van der Waals surface area contributed by atoms with E-state index in [1.54, 1.807) is 12.1 Å². The Morgan fingerprint density at radius 3 is 2.48 bits per heavy atom. The van der Waals surface area contributed by atoms with Gasteiger partial charge in [-0.2, -0.15) is 0 Å². The van der Waals surface area contributed by atoms with Gasteiger partial charge in [-0.25, -0.2) is 21.6 Å². The molecule has 0 aliphatic carbocycles. The number of hydrogen-bond donors (Lipinski definition) is 1. The Labute approximate surface area is 143 Å². The Morgan fingerprint density at radius 1 is 1.16 bits per heavy atom. The third-order valence-corrected chi connectivity index (χ3v) is 5.44. The average Bonchev–Trinajstić information content (AvgIpc) is 2.92. The minimum Gasteiger partial charge on any atom is -0.478 e. The molecule has 7 heteroatoms. The second-order valence-corrected chi connectivity index (χ2v) is 7.35. The molecule has 0 saturated carbocycles. The zero-order valence-electron chi connectivity index (χ0n) is 13.2. The van der Waals surface area contributed by atoms with Crippen molar-refractivity contribution in [2.45, 2.75) is 11.8 Å². The van der Waals surface area contributed by atoms with Crippen molar-refractivity contribution in [2.24, 2.45) is 0 Å². The van der Waals surface area contributed by atoms with Crippen LogP contribution in [0.1, 0.15) is 11.1 Å². The number of nitrogens with zero attached hydrogens (tertiary/aromatic N) is 1. The molecule has 0 fully saturated rings. The number of carboxylic acids is 1. The van der Waals surface area contributed by atoms with Gasteiger partial charge in [-0.3, -0.25) is 0 Å². The molecular formula is C18H14FNO4S. The minimum absolute atomic E-state index is 0.0630. The molecule has 0 atom stereocenters. The molecule has 128 valence electrons. The molecular weight excluding hydrogens is 345 g/mol. The van der Waals surface area contributed by atoms with Gasteiger partial charge >= 0.3 is 5.97 Å². The van der Waals surface area contributed by atoms with Crippen LogP contribution >= 0.6 is 0 Å². The molecule has 0 bridgehead atoms. The maximum atomic E-state index is 13.7. The Morgan fingerprint density at radius 2 is 1.84 bits per heavy atom. The van der Waals surface area contributed by atoms with Crippen LogP contribution in [0.25, 0.3) is 17.0 Å². The van der Waals surface area contributed by atoms with Gasteiger partial charge in [0.1, 0.15) is 5.82 Å². The maximum absolute atomic E-state index is 13.7. The number of fused-ring (bicyclic) bond motifs is 1. The van der Waals surface area contributed by atoms with Gasteiger partial charge < -0.3 is 5.11 Å². The van der Waals surface area contributed by atoms with Crippen molar-refractivity contribution in [3.05, 3.63) is 71.7 Å². The van der Waals surface area contributed by atoms with E-state index >= 15 is 0 Å². The lowest BCUT2D eigenvalue weighted by atomic mass is 10.1. The highest BCUT2D eigenvalue weighted by molar-refractivity contribution is 7.90. The van der Waals surface area contributed by atoms with E-state index in [-0.39, 0.29) is 10.4 Å². The van der Waals surface area contributed by atoms with E-state index in [1.807, 2.05) is 6.92 Å². The number of aromatic nitrogens is 1. The summed E-state index contributed by atoms with van der Waals surface area (Å²) in [5, 5.41) is 9.23. The molecule has 0 aliphatic heterocycles. The zero-order valence-corrected chi connectivity index (χ0v) is 14.0. The number of rotatable bonds is 4. The molecule has 2 aromatic carbocycles. The number of carboxylic acid groups (broad SMARTS) is 1. The van der Waals surface area contributed by atoms with Crippen molar-refractivity contribution in [3.63, 3.8) is 0 Å². The summed E-state index contributed by atoms with van der Waals surface area (Å²) in [5.41, 5.74) is 1.42. The summed E-state index contributed by atoms with van der Waals surface area (Å²) in [4.78, 5) is 10.8. The zero-order chi connectivity index (χ0) is 18.2. The van der Waals surface area contributed by atoms with Gasteiger partial charge in [0.2, 0.25) is 0 Å². The summed E-state index contributed by atoms with van der Waals surface area (Å²) < 4.78 is 40.5. The van der Waals surface area contributed by atoms with Crippen LogP contribution in [0.2, 0.25) is 0 Å². The molecule has 1 N–H and O–H groups in total. The van der Waals surface area contributed by atoms with Crippen LogP contribution in [0, 0.1) is 12.7 Å². The van der Waals surface area contributed by atoms with E-state index < -0.39 is 21.8 Å². The largest absolute Gasteiger partial charge is 0.478 e. The summed E-state index contributed by atoms with van der Waals surface area (Å²) in [7, 11) is -3.95. The van der Waals surface area contributed by atoms with Crippen LogP contribution in [0.15, 0.2) is 59.6 Å². The normalized spacial score (nSPS) is 12.1. The van der Waals surface area contributed by atoms with Crippen LogP contribution in [0.4, 0.5) is 4.39 Å². The quantitative estimate of drug-likeness (QED) is 0.724. The first-order valence-electron chi connectivity index (χ1n) is 7.33. The van der Waals surface area contributed by atoms with Crippen molar-refractivity contribution in [3.8, 4) is 0 Å². The van der Waals surface area contributed by atoms with Crippen LogP contribution in [-0.2, 0) is 14.8 Å². The molecule has 0 spiro atoms. The first-order chi connectivity index (χ1) is 11.8. The standard InChI is InChI=1S/C18H14FNO4S/c1-12-2-6-15(7-3-12)25(23,24)20-11-13(4-9-18(21)22)16-8-5-14(19)10-17(16)20/h2-11H,1H3,(H,21,22). The first kappa shape index (κ1) is 16.9. The van der Waals surface area contributed by atoms with Crippen molar-refractivity contribution in [1.82, 2.24) is 3.97 Å². The number of aryl methyl sites for hydroxylation is 1. The first-order valence-corrected chi connectivity index (χ1v) is 8.77. The molecule has 0 aliphatic rings. The lowest BCUT2D eigenvalue weighted by Gasteiger charge is -2.08. The second kappa shape index (κ2) is 6.18. The Balaban J connectivity index is 2.26. The SMILES string of the molecule is Cc1ccc(S(=O)(=O)n2cc(C=CC(=O)O)c3ccc(F)cc32)cc1. The second-order valence-electron chi connectivity index (χ2n) is 5.53. The van der Waals surface area contributed by atoms with Gasteiger partial charge in [0.15, 0.2) is 0 Å².